The average molecular weight is 221 g/mol. The third-order valence-electron chi connectivity index (χ3n) is 1.26. The molecule has 0 aromatic carbocycles. The number of halogens is 1. The van der Waals surface area contributed by atoms with Gasteiger partial charge in [-0.25, -0.2) is 4.79 Å². The normalized spacial score (nSPS) is 9.09. The van der Waals surface area contributed by atoms with Crippen LogP contribution in [-0.2, 0) is 9.53 Å². The van der Waals surface area contributed by atoms with Gasteiger partial charge in [0.15, 0.2) is 0 Å². The molecule has 0 heterocycles. The van der Waals surface area contributed by atoms with Crippen LogP contribution in [0, 0.1) is 0 Å². The SMILES string of the molecule is CCOC(=O)C(CBr)=C(C)C. The number of hydrogen-bond donors (Lipinski definition) is 0. The van der Waals surface area contributed by atoms with Crippen molar-refractivity contribution in [1.29, 1.82) is 0 Å². The second-order valence-electron chi connectivity index (χ2n) is 2.33. The van der Waals surface area contributed by atoms with Gasteiger partial charge in [0.25, 0.3) is 0 Å². The Morgan fingerprint density at radius 3 is 2.27 bits per heavy atom. The van der Waals surface area contributed by atoms with Crippen molar-refractivity contribution in [2.75, 3.05) is 11.9 Å². The Morgan fingerprint density at radius 2 is 2.00 bits per heavy atom. The maximum atomic E-state index is 11.1. The Labute approximate surface area is 75.7 Å². The first-order valence-corrected chi connectivity index (χ1v) is 4.65. The molecule has 0 aliphatic carbocycles. The summed E-state index contributed by atoms with van der Waals surface area (Å²) >= 11 is 3.23. The Kier molecular flexibility index (Phi) is 5.20. The van der Waals surface area contributed by atoms with Crippen LogP contribution in [0.2, 0.25) is 0 Å². The van der Waals surface area contributed by atoms with Crippen molar-refractivity contribution in [3.8, 4) is 0 Å². The summed E-state index contributed by atoms with van der Waals surface area (Å²) in [7, 11) is 0. The molecule has 0 fully saturated rings. The molecule has 0 aromatic rings. The number of ether oxygens (including phenoxy) is 1. The monoisotopic (exact) mass is 220 g/mol. The molecular formula is C8H13BrO2. The summed E-state index contributed by atoms with van der Waals surface area (Å²) < 4.78 is 4.83. The van der Waals surface area contributed by atoms with Gasteiger partial charge < -0.3 is 4.74 Å². The second-order valence-corrected chi connectivity index (χ2v) is 2.89. The number of carbonyl (C=O) groups is 1. The maximum absolute atomic E-state index is 11.1. The summed E-state index contributed by atoms with van der Waals surface area (Å²) in [5.74, 6) is -0.218. The van der Waals surface area contributed by atoms with Crippen LogP contribution in [0.1, 0.15) is 20.8 Å². The van der Waals surface area contributed by atoms with Crippen LogP contribution in [-0.4, -0.2) is 17.9 Å². The minimum absolute atomic E-state index is 0.218. The Hall–Kier alpha value is -0.310. The lowest BCUT2D eigenvalue weighted by Crippen LogP contribution is -2.09. The van der Waals surface area contributed by atoms with E-state index in [1.165, 1.54) is 0 Å². The van der Waals surface area contributed by atoms with E-state index in [9.17, 15) is 4.79 Å². The van der Waals surface area contributed by atoms with Crippen LogP contribution >= 0.6 is 15.9 Å². The van der Waals surface area contributed by atoms with E-state index in [0.717, 1.165) is 5.57 Å². The van der Waals surface area contributed by atoms with Gasteiger partial charge in [-0.1, -0.05) is 21.5 Å². The Bertz CT molecular complexity index is 169. The first-order valence-electron chi connectivity index (χ1n) is 3.52. The molecule has 3 heteroatoms. The maximum Gasteiger partial charge on any atom is 0.334 e. The van der Waals surface area contributed by atoms with Gasteiger partial charge in [0, 0.05) is 10.9 Å². The van der Waals surface area contributed by atoms with Gasteiger partial charge in [-0.3, -0.25) is 0 Å². The number of allylic oxidation sites excluding steroid dienone is 1. The number of hydrogen-bond acceptors (Lipinski definition) is 2. The highest BCUT2D eigenvalue weighted by atomic mass is 79.9. The molecular weight excluding hydrogens is 208 g/mol. The lowest BCUT2D eigenvalue weighted by atomic mass is 10.2. The van der Waals surface area contributed by atoms with E-state index in [4.69, 9.17) is 4.74 Å². The number of alkyl halides is 1. The minimum Gasteiger partial charge on any atom is -0.463 e. The van der Waals surface area contributed by atoms with Crippen molar-refractivity contribution < 1.29 is 9.53 Å². The molecule has 0 atom stereocenters. The smallest absolute Gasteiger partial charge is 0.334 e. The van der Waals surface area contributed by atoms with Gasteiger partial charge in [0.2, 0.25) is 0 Å². The standard InChI is InChI=1S/C8H13BrO2/c1-4-11-8(10)7(5-9)6(2)3/h4-5H2,1-3H3. The van der Waals surface area contributed by atoms with Crippen LogP contribution in [0.3, 0.4) is 0 Å². The molecule has 0 radical (unpaired) electrons. The fraction of sp³-hybridized carbons (Fsp3) is 0.625. The number of carbonyl (C=O) groups excluding carboxylic acids is 1. The van der Waals surface area contributed by atoms with Gasteiger partial charge in [0.1, 0.15) is 0 Å². The largest absolute Gasteiger partial charge is 0.463 e. The van der Waals surface area contributed by atoms with E-state index in [-0.39, 0.29) is 5.97 Å². The zero-order valence-corrected chi connectivity index (χ0v) is 8.69. The quantitative estimate of drug-likeness (QED) is 0.415. The summed E-state index contributed by atoms with van der Waals surface area (Å²) in [6.07, 6.45) is 0. The highest BCUT2D eigenvalue weighted by Crippen LogP contribution is 2.08. The Balaban J connectivity index is 4.28. The van der Waals surface area contributed by atoms with Gasteiger partial charge in [-0.15, -0.1) is 0 Å². The predicted octanol–water partition coefficient (Wildman–Crippen LogP) is 2.28. The van der Waals surface area contributed by atoms with Gasteiger partial charge in [-0.05, 0) is 20.8 Å². The molecule has 0 aliphatic rings. The summed E-state index contributed by atoms with van der Waals surface area (Å²) in [5.41, 5.74) is 1.71. The van der Waals surface area contributed by atoms with Crippen LogP contribution in [0.25, 0.3) is 0 Å². The molecule has 2 nitrogen and oxygen atoms in total. The molecule has 0 bridgehead atoms. The molecule has 0 amide bonds. The summed E-state index contributed by atoms with van der Waals surface area (Å²) in [6, 6.07) is 0. The first kappa shape index (κ1) is 10.7. The molecule has 64 valence electrons. The lowest BCUT2D eigenvalue weighted by Gasteiger charge is -2.04. The summed E-state index contributed by atoms with van der Waals surface area (Å²) in [5, 5.41) is 0.564. The topological polar surface area (TPSA) is 26.3 Å². The van der Waals surface area contributed by atoms with Crippen molar-refractivity contribution in [2.45, 2.75) is 20.8 Å². The van der Waals surface area contributed by atoms with E-state index >= 15 is 0 Å². The van der Waals surface area contributed by atoms with E-state index in [2.05, 4.69) is 15.9 Å². The van der Waals surface area contributed by atoms with Gasteiger partial charge in [-0.2, -0.15) is 0 Å². The molecule has 0 saturated carbocycles. The molecule has 0 N–H and O–H groups in total. The Morgan fingerprint density at radius 1 is 1.45 bits per heavy atom. The third kappa shape index (κ3) is 3.56. The molecule has 0 saturated heterocycles. The van der Waals surface area contributed by atoms with E-state index in [0.29, 0.717) is 17.5 Å². The van der Waals surface area contributed by atoms with Crippen molar-refractivity contribution >= 4 is 21.9 Å². The fourth-order valence-corrected chi connectivity index (χ4v) is 1.40. The second kappa shape index (κ2) is 5.35. The van der Waals surface area contributed by atoms with Crippen LogP contribution in [0.5, 0.6) is 0 Å². The number of rotatable bonds is 3. The zero-order chi connectivity index (χ0) is 8.85. The summed E-state index contributed by atoms with van der Waals surface area (Å²) in [6.45, 7) is 6.03. The van der Waals surface area contributed by atoms with E-state index in [1.807, 2.05) is 13.8 Å². The highest BCUT2D eigenvalue weighted by Gasteiger charge is 2.09. The fourth-order valence-electron chi connectivity index (χ4n) is 0.611. The number of esters is 1. The van der Waals surface area contributed by atoms with Crippen molar-refractivity contribution in [2.24, 2.45) is 0 Å². The molecule has 0 aliphatic heterocycles. The van der Waals surface area contributed by atoms with Crippen molar-refractivity contribution in [3.05, 3.63) is 11.1 Å². The first-order chi connectivity index (χ1) is 5.13. The highest BCUT2D eigenvalue weighted by molar-refractivity contribution is 9.09. The van der Waals surface area contributed by atoms with Gasteiger partial charge in [0.05, 0.1) is 6.61 Å². The average Bonchev–Trinajstić information content (AvgIpc) is 1.88. The van der Waals surface area contributed by atoms with Crippen molar-refractivity contribution in [3.63, 3.8) is 0 Å². The lowest BCUT2D eigenvalue weighted by molar-refractivity contribution is -0.138. The van der Waals surface area contributed by atoms with Crippen molar-refractivity contribution in [1.82, 2.24) is 0 Å². The molecule has 0 unspecified atom stereocenters. The third-order valence-corrected chi connectivity index (χ3v) is 1.82. The predicted molar refractivity (Wildman–Crippen MR) is 48.8 cm³/mol. The van der Waals surface area contributed by atoms with Crippen LogP contribution in [0.4, 0.5) is 0 Å². The molecule has 11 heavy (non-hydrogen) atoms. The van der Waals surface area contributed by atoms with Gasteiger partial charge >= 0.3 is 5.97 Å². The van der Waals surface area contributed by atoms with Crippen LogP contribution in [0.15, 0.2) is 11.1 Å². The molecule has 0 rings (SSSR count). The zero-order valence-electron chi connectivity index (χ0n) is 7.11. The van der Waals surface area contributed by atoms with Crippen LogP contribution < -0.4 is 0 Å². The van der Waals surface area contributed by atoms with E-state index in [1.54, 1.807) is 6.92 Å². The molecule has 0 aromatic heterocycles. The molecule has 0 spiro atoms. The summed E-state index contributed by atoms with van der Waals surface area (Å²) in [4.78, 5) is 11.1. The minimum atomic E-state index is -0.218. The van der Waals surface area contributed by atoms with E-state index < -0.39 is 0 Å².